The zero-order valence-electron chi connectivity index (χ0n) is 8.64. The summed E-state index contributed by atoms with van der Waals surface area (Å²) in [6.45, 7) is 4.30. The van der Waals surface area contributed by atoms with Crippen LogP contribution in [0.4, 0.5) is 0 Å². The molecule has 0 heterocycles. The van der Waals surface area contributed by atoms with Crippen LogP contribution in [0.5, 0.6) is 0 Å². The monoisotopic (exact) mass is 173 g/mol. The van der Waals surface area contributed by atoms with E-state index in [4.69, 9.17) is 0 Å². The molecular formula is C10H23NO. The van der Waals surface area contributed by atoms with Gasteiger partial charge in [-0.1, -0.05) is 39.5 Å². The van der Waals surface area contributed by atoms with Gasteiger partial charge in [0.1, 0.15) is 6.23 Å². The van der Waals surface area contributed by atoms with Crippen LogP contribution in [0.2, 0.25) is 0 Å². The highest BCUT2D eigenvalue weighted by molar-refractivity contribution is 4.60. The zero-order valence-corrected chi connectivity index (χ0v) is 8.64. The van der Waals surface area contributed by atoms with E-state index >= 15 is 0 Å². The third kappa shape index (κ3) is 5.56. The third-order valence-electron chi connectivity index (χ3n) is 2.35. The van der Waals surface area contributed by atoms with Crippen molar-refractivity contribution in [3.63, 3.8) is 0 Å². The van der Waals surface area contributed by atoms with Gasteiger partial charge < -0.3 is 5.11 Å². The van der Waals surface area contributed by atoms with Gasteiger partial charge in [0.05, 0.1) is 0 Å². The van der Waals surface area contributed by atoms with E-state index in [1.165, 1.54) is 25.7 Å². The Kier molecular flexibility index (Phi) is 7.51. The van der Waals surface area contributed by atoms with Crippen LogP contribution < -0.4 is 5.32 Å². The number of hydrogen-bond donors (Lipinski definition) is 2. The van der Waals surface area contributed by atoms with Crippen molar-refractivity contribution >= 4 is 0 Å². The molecule has 0 aliphatic rings. The molecule has 2 unspecified atom stereocenters. The Morgan fingerprint density at radius 1 is 1.25 bits per heavy atom. The highest BCUT2D eigenvalue weighted by Crippen LogP contribution is 2.12. The summed E-state index contributed by atoms with van der Waals surface area (Å²) in [5.41, 5.74) is 0. The second-order valence-electron chi connectivity index (χ2n) is 3.56. The average molecular weight is 173 g/mol. The zero-order chi connectivity index (χ0) is 9.40. The SMILES string of the molecule is CCCCCCC(C)C(O)NC. The lowest BCUT2D eigenvalue weighted by Crippen LogP contribution is -2.31. The topological polar surface area (TPSA) is 32.3 Å². The summed E-state index contributed by atoms with van der Waals surface area (Å²) in [4.78, 5) is 0. The van der Waals surface area contributed by atoms with Crippen molar-refractivity contribution in [3.8, 4) is 0 Å². The summed E-state index contributed by atoms with van der Waals surface area (Å²) in [5, 5.41) is 12.2. The molecule has 0 aliphatic heterocycles. The number of unbranched alkanes of at least 4 members (excludes halogenated alkanes) is 3. The van der Waals surface area contributed by atoms with Crippen LogP contribution in [0.15, 0.2) is 0 Å². The van der Waals surface area contributed by atoms with Crippen LogP contribution in [0.3, 0.4) is 0 Å². The van der Waals surface area contributed by atoms with Gasteiger partial charge in [-0.2, -0.15) is 0 Å². The molecule has 74 valence electrons. The van der Waals surface area contributed by atoms with Crippen LogP contribution in [-0.2, 0) is 0 Å². The van der Waals surface area contributed by atoms with E-state index in [2.05, 4.69) is 19.2 Å². The summed E-state index contributed by atoms with van der Waals surface area (Å²) < 4.78 is 0. The minimum Gasteiger partial charge on any atom is -0.378 e. The molecule has 0 bridgehead atoms. The van der Waals surface area contributed by atoms with Crippen molar-refractivity contribution in [1.82, 2.24) is 5.32 Å². The van der Waals surface area contributed by atoms with Crippen molar-refractivity contribution in [2.24, 2.45) is 5.92 Å². The Labute approximate surface area is 76.4 Å². The molecule has 0 saturated carbocycles. The molecule has 0 spiro atoms. The summed E-state index contributed by atoms with van der Waals surface area (Å²) in [6, 6.07) is 0. The molecule has 0 fully saturated rings. The van der Waals surface area contributed by atoms with E-state index in [1.54, 1.807) is 7.05 Å². The van der Waals surface area contributed by atoms with Crippen LogP contribution >= 0.6 is 0 Å². The molecule has 0 radical (unpaired) electrons. The summed E-state index contributed by atoms with van der Waals surface area (Å²) in [6.07, 6.45) is 5.95. The molecule has 2 heteroatoms. The predicted molar refractivity (Wildman–Crippen MR) is 53.0 cm³/mol. The first kappa shape index (κ1) is 11.9. The van der Waals surface area contributed by atoms with Crippen LogP contribution in [0.1, 0.15) is 46.0 Å². The quantitative estimate of drug-likeness (QED) is 0.456. The van der Waals surface area contributed by atoms with E-state index in [-0.39, 0.29) is 6.23 Å². The van der Waals surface area contributed by atoms with Gasteiger partial charge in [-0.15, -0.1) is 0 Å². The Hall–Kier alpha value is -0.0800. The van der Waals surface area contributed by atoms with Crippen LogP contribution in [0.25, 0.3) is 0 Å². The fourth-order valence-electron chi connectivity index (χ4n) is 1.34. The van der Waals surface area contributed by atoms with E-state index < -0.39 is 0 Å². The summed E-state index contributed by atoms with van der Waals surface area (Å²) in [5.74, 6) is 0.381. The van der Waals surface area contributed by atoms with Crippen LogP contribution in [-0.4, -0.2) is 18.4 Å². The average Bonchev–Trinajstić information content (AvgIpc) is 2.10. The second-order valence-corrected chi connectivity index (χ2v) is 3.56. The Morgan fingerprint density at radius 3 is 2.42 bits per heavy atom. The molecule has 0 rings (SSSR count). The van der Waals surface area contributed by atoms with Gasteiger partial charge in [-0.05, 0) is 19.4 Å². The second kappa shape index (κ2) is 7.56. The summed E-state index contributed by atoms with van der Waals surface area (Å²) >= 11 is 0. The number of aliphatic hydroxyl groups is 1. The van der Waals surface area contributed by atoms with Crippen molar-refractivity contribution in [1.29, 1.82) is 0 Å². The highest BCUT2D eigenvalue weighted by atomic mass is 16.3. The van der Waals surface area contributed by atoms with Crippen molar-refractivity contribution in [2.45, 2.75) is 52.2 Å². The lowest BCUT2D eigenvalue weighted by molar-refractivity contribution is 0.0851. The van der Waals surface area contributed by atoms with Gasteiger partial charge >= 0.3 is 0 Å². The first-order chi connectivity index (χ1) is 5.72. The van der Waals surface area contributed by atoms with E-state index in [1.807, 2.05) is 0 Å². The lowest BCUT2D eigenvalue weighted by atomic mass is 10.0. The number of aliphatic hydroxyl groups excluding tert-OH is 1. The Morgan fingerprint density at radius 2 is 1.92 bits per heavy atom. The number of rotatable bonds is 7. The smallest absolute Gasteiger partial charge is 0.107 e. The van der Waals surface area contributed by atoms with Crippen molar-refractivity contribution < 1.29 is 5.11 Å². The third-order valence-corrected chi connectivity index (χ3v) is 2.35. The largest absolute Gasteiger partial charge is 0.378 e. The first-order valence-corrected chi connectivity index (χ1v) is 5.07. The Balaban J connectivity index is 3.24. The minimum absolute atomic E-state index is 0.327. The molecule has 0 aliphatic carbocycles. The molecule has 0 aromatic rings. The van der Waals surface area contributed by atoms with Gasteiger partial charge in [-0.3, -0.25) is 5.32 Å². The van der Waals surface area contributed by atoms with Gasteiger partial charge in [0, 0.05) is 0 Å². The van der Waals surface area contributed by atoms with Gasteiger partial charge in [0.2, 0.25) is 0 Å². The highest BCUT2D eigenvalue weighted by Gasteiger charge is 2.10. The predicted octanol–water partition coefficient (Wildman–Crippen LogP) is 2.13. The molecule has 12 heavy (non-hydrogen) atoms. The maximum atomic E-state index is 9.37. The molecule has 0 aromatic carbocycles. The molecule has 2 nitrogen and oxygen atoms in total. The van der Waals surface area contributed by atoms with Gasteiger partial charge in [-0.25, -0.2) is 0 Å². The van der Waals surface area contributed by atoms with E-state index in [0.29, 0.717) is 5.92 Å². The molecule has 2 atom stereocenters. The van der Waals surface area contributed by atoms with Gasteiger partial charge in [0.15, 0.2) is 0 Å². The van der Waals surface area contributed by atoms with E-state index in [9.17, 15) is 5.11 Å². The number of nitrogens with one attached hydrogen (secondary N) is 1. The molecular weight excluding hydrogens is 150 g/mol. The molecule has 0 amide bonds. The molecule has 0 aromatic heterocycles. The fourth-order valence-corrected chi connectivity index (χ4v) is 1.34. The maximum absolute atomic E-state index is 9.37. The Bertz CT molecular complexity index is 95.8. The normalized spacial score (nSPS) is 16.0. The maximum Gasteiger partial charge on any atom is 0.107 e. The lowest BCUT2D eigenvalue weighted by Gasteiger charge is -2.17. The molecule has 0 saturated heterocycles. The first-order valence-electron chi connectivity index (χ1n) is 5.07. The van der Waals surface area contributed by atoms with E-state index in [0.717, 1.165) is 6.42 Å². The summed E-state index contributed by atoms with van der Waals surface area (Å²) in [7, 11) is 1.80. The van der Waals surface area contributed by atoms with Gasteiger partial charge in [0.25, 0.3) is 0 Å². The van der Waals surface area contributed by atoms with Crippen molar-refractivity contribution in [3.05, 3.63) is 0 Å². The fraction of sp³-hybridized carbons (Fsp3) is 1.00. The standard InChI is InChI=1S/C10H23NO/c1-4-5-6-7-8-9(2)10(12)11-3/h9-12H,4-8H2,1-3H3. The molecule has 2 N–H and O–H groups in total. The van der Waals surface area contributed by atoms with Crippen LogP contribution in [0, 0.1) is 5.92 Å². The number of hydrogen-bond acceptors (Lipinski definition) is 2. The minimum atomic E-state index is -0.327. The van der Waals surface area contributed by atoms with Crippen molar-refractivity contribution in [2.75, 3.05) is 7.05 Å².